The monoisotopic (exact) mass is 573 g/mol. The van der Waals surface area contributed by atoms with Crippen LogP contribution in [0.2, 0.25) is 0 Å². The zero-order chi connectivity index (χ0) is 27.7. The molecule has 210 valence electrons. The van der Waals surface area contributed by atoms with E-state index in [2.05, 4.69) is 9.71 Å². The molecule has 1 saturated carbocycles. The van der Waals surface area contributed by atoms with Gasteiger partial charge in [0, 0.05) is 18.6 Å². The van der Waals surface area contributed by atoms with Crippen LogP contribution in [0.25, 0.3) is 10.4 Å². The minimum Gasteiger partial charge on any atom is -0.378 e. The molecule has 1 amide bonds. The number of nitrogens with zero attached hydrogens (tertiary/aromatic N) is 2. The summed E-state index contributed by atoms with van der Waals surface area (Å²) in [6.45, 7) is 6.39. The smallest absolute Gasteiger partial charge is 0.378 e. The van der Waals surface area contributed by atoms with Crippen molar-refractivity contribution in [2.24, 2.45) is 5.92 Å². The van der Waals surface area contributed by atoms with Crippen molar-refractivity contribution < 1.29 is 31.1 Å². The van der Waals surface area contributed by atoms with Gasteiger partial charge in [0.05, 0.1) is 34.2 Å². The molecule has 0 radical (unpaired) electrons. The number of aromatic nitrogens is 1. The lowest BCUT2D eigenvalue weighted by Gasteiger charge is -2.25. The molecule has 1 aliphatic heterocycles. The topological polar surface area (TPSA) is 88.6 Å². The van der Waals surface area contributed by atoms with E-state index in [1.807, 2.05) is 0 Å². The summed E-state index contributed by atoms with van der Waals surface area (Å²) >= 11 is 1.07. The molecule has 7 nitrogen and oxygen atoms in total. The van der Waals surface area contributed by atoms with Gasteiger partial charge in [-0.2, -0.15) is 13.2 Å². The minimum atomic E-state index is -4.90. The van der Waals surface area contributed by atoms with E-state index >= 15 is 0 Å². The molecule has 2 aliphatic rings. The molecule has 38 heavy (non-hydrogen) atoms. The van der Waals surface area contributed by atoms with E-state index in [0.717, 1.165) is 55.6 Å². The third-order valence-corrected chi connectivity index (χ3v) is 9.61. The zero-order valence-corrected chi connectivity index (χ0v) is 23.5. The number of carbonyl (C=O) groups is 1. The predicted octanol–water partition coefficient (Wildman–Crippen LogP) is 5.50. The number of rotatable bonds is 6. The summed E-state index contributed by atoms with van der Waals surface area (Å²) in [7, 11) is -4.44. The van der Waals surface area contributed by atoms with E-state index in [0.29, 0.717) is 49.2 Å². The summed E-state index contributed by atoms with van der Waals surface area (Å²) in [5.41, 5.74) is -1.41. The number of amides is 1. The third-order valence-electron chi connectivity index (χ3n) is 6.66. The van der Waals surface area contributed by atoms with Crippen LogP contribution < -0.4 is 4.72 Å². The second-order valence-corrected chi connectivity index (χ2v) is 13.6. The van der Waals surface area contributed by atoms with Gasteiger partial charge < -0.3 is 9.64 Å². The van der Waals surface area contributed by atoms with Crippen molar-refractivity contribution in [3.05, 3.63) is 34.5 Å². The van der Waals surface area contributed by atoms with Crippen molar-refractivity contribution in [1.29, 1.82) is 0 Å². The van der Waals surface area contributed by atoms with E-state index in [1.54, 1.807) is 25.7 Å². The number of sulfonamides is 1. The number of halogens is 3. The number of carbonyl (C=O) groups excluding carboxylic acids is 1. The molecule has 1 aromatic heterocycles. The number of alkyl halides is 3. The van der Waals surface area contributed by atoms with Crippen LogP contribution in [0.1, 0.15) is 73.9 Å². The Hall–Kier alpha value is -2.02. The highest BCUT2D eigenvalue weighted by atomic mass is 32.2. The molecule has 2 aromatic rings. The Kier molecular flexibility index (Phi) is 8.56. The first-order valence-electron chi connectivity index (χ1n) is 12.9. The number of thiazole rings is 1. The first kappa shape index (κ1) is 29.0. The molecular weight excluding hydrogens is 539 g/mol. The average Bonchev–Trinajstić information content (AvgIpc) is 3.26. The number of morpholine rings is 1. The highest BCUT2D eigenvalue weighted by Crippen LogP contribution is 2.41. The van der Waals surface area contributed by atoms with Crippen LogP contribution >= 0.6 is 11.3 Å². The Morgan fingerprint density at radius 2 is 1.79 bits per heavy atom. The lowest BCUT2D eigenvalue weighted by Crippen LogP contribution is -2.41. The first-order valence-corrected chi connectivity index (χ1v) is 15.2. The standard InChI is InChI=1S/C26H34F3N3O4S2/c1-25(2,3)31-38(34,35)21-10-9-18(16-19(21)26(27,28)29)22-20(15-17-7-5-4-6-8-17)30-23(37-22)24(33)32-11-13-36-14-12-32/h9-10,16-17,31H,4-8,11-15H2,1-3H3. The molecule has 4 rings (SSSR count). The van der Waals surface area contributed by atoms with Crippen molar-refractivity contribution >= 4 is 27.3 Å². The van der Waals surface area contributed by atoms with Crippen LogP contribution in [0.15, 0.2) is 23.1 Å². The highest BCUT2D eigenvalue weighted by Gasteiger charge is 2.39. The molecule has 2 heterocycles. The fourth-order valence-electron chi connectivity index (χ4n) is 4.96. The van der Waals surface area contributed by atoms with Crippen molar-refractivity contribution in [3.8, 4) is 10.4 Å². The number of hydrogen-bond donors (Lipinski definition) is 1. The van der Waals surface area contributed by atoms with Crippen molar-refractivity contribution in [2.75, 3.05) is 26.3 Å². The average molecular weight is 574 g/mol. The normalized spacial score (nSPS) is 18.1. The summed E-state index contributed by atoms with van der Waals surface area (Å²) in [6.07, 6.45) is 1.02. The van der Waals surface area contributed by atoms with Crippen LogP contribution in [-0.2, 0) is 27.4 Å². The second-order valence-electron chi connectivity index (χ2n) is 11.0. The van der Waals surface area contributed by atoms with Gasteiger partial charge in [-0.25, -0.2) is 18.1 Å². The van der Waals surface area contributed by atoms with Gasteiger partial charge in [-0.05, 0) is 50.8 Å². The predicted molar refractivity (Wildman–Crippen MR) is 140 cm³/mol. The summed E-state index contributed by atoms with van der Waals surface area (Å²) in [4.78, 5) is 19.1. The molecule has 0 spiro atoms. The maximum atomic E-state index is 14.2. The Labute approximate surface area is 225 Å². The van der Waals surface area contributed by atoms with E-state index in [4.69, 9.17) is 4.74 Å². The Morgan fingerprint density at radius 3 is 2.39 bits per heavy atom. The van der Waals surface area contributed by atoms with E-state index in [1.165, 1.54) is 6.07 Å². The van der Waals surface area contributed by atoms with Crippen LogP contribution in [0.5, 0.6) is 0 Å². The number of benzene rings is 1. The number of ether oxygens (including phenoxy) is 1. The molecule has 0 unspecified atom stereocenters. The van der Waals surface area contributed by atoms with E-state index in [-0.39, 0.29) is 16.5 Å². The fraction of sp³-hybridized carbons (Fsp3) is 0.615. The van der Waals surface area contributed by atoms with Gasteiger partial charge in [-0.3, -0.25) is 4.79 Å². The van der Waals surface area contributed by atoms with Crippen LogP contribution in [0.4, 0.5) is 13.2 Å². The van der Waals surface area contributed by atoms with Gasteiger partial charge in [0.15, 0.2) is 5.01 Å². The largest absolute Gasteiger partial charge is 0.417 e. The lowest BCUT2D eigenvalue weighted by molar-refractivity contribution is -0.139. The third kappa shape index (κ3) is 6.94. The number of hydrogen-bond acceptors (Lipinski definition) is 6. The fourth-order valence-corrected chi connectivity index (χ4v) is 7.64. The second kappa shape index (κ2) is 11.2. The van der Waals surface area contributed by atoms with Crippen LogP contribution in [0.3, 0.4) is 0 Å². The van der Waals surface area contributed by atoms with Crippen molar-refractivity contribution in [3.63, 3.8) is 0 Å². The summed E-state index contributed by atoms with van der Waals surface area (Å²) in [5, 5.41) is 0.229. The summed E-state index contributed by atoms with van der Waals surface area (Å²) < 4.78 is 75.9. The zero-order valence-electron chi connectivity index (χ0n) is 21.9. The van der Waals surface area contributed by atoms with Crippen LogP contribution in [0, 0.1) is 5.92 Å². The maximum Gasteiger partial charge on any atom is 0.417 e. The molecule has 1 N–H and O–H groups in total. The molecule has 2 fully saturated rings. The molecule has 12 heteroatoms. The molecule has 0 atom stereocenters. The molecule has 1 aromatic carbocycles. The molecule has 1 aliphatic carbocycles. The quantitative estimate of drug-likeness (QED) is 0.493. The van der Waals surface area contributed by atoms with Gasteiger partial charge in [0.2, 0.25) is 10.0 Å². The van der Waals surface area contributed by atoms with Crippen molar-refractivity contribution in [1.82, 2.24) is 14.6 Å². The Balaban J connectivity index is 1.78. The van der Waals surface area contributed by atoms with Crippen molar-refractivity contribution in [2.45, 2.75) is 75.9 Å². The van der Waals surface area contributed by atoms with Gasteiger partial charge in [-0.1, -0.05) is 38.2 Å². The Morgan fingerprint density at radius 1 is 1.13 bits per heavy atom. The molecular formula is C26H34F3N3O4S2. The van der Waals surface area contributed by atoms with Gasteiger partial charge in [0.25, 0.3) is 5.91 Å². The first-order chi connectivity index (χ1) is 17.7. The number of nitrogens with one attached hydrogen (secondary N) is 1. The van der Waals surface area contributed by atoms with Gasteiger partial charge in [-0.15, -0.1) is 11.3 Å². The van der Waals surface area contributed by atoms with E-state index in [9.17, 15) is 26.4 Å². The van der Waals surface area contributed by atoms with E-state index < -0.39 is 32.2 Å². The van der Waals surface area contributed by atoms with Gasteiger partial charge >= 0.3 is 6.18 Å². The lowest BCUT2D eigenvalue weighted by atomic mass is 9.85. The summed E-state index contributed by atoms with van der Waals surface area (Å²) in [6, 6.07) is 3.26. The minimum absolute atomic E-state index is 0.205. The Bertz CT molecular complexity index is 1260. The molecule has 0 bridgehead atoms. The maximum absolute atomic E-state index is 14.2. The molecule has 1 saturated heterocycles. The SMILES string of the molecule is CC(C)(C)NS(=O)(=O)c1ccc(-c2sc(C(=O)N3CCOCC3)nc2CC2CCCCC2)cc1C(F)(F)F. The highest BCUT2D eigenvalue weighted by molar-refractivity contribution is 7.89. The summed E-state index contributed by atoms with van der Waals surface area (Å²) in [5.74, 6) is 0.0766. The van der Waals surface area contributed by atoms with Crippen LogP contribution in [-0.4, -0.2) is 56.1 Å². The van der Waals surface area contributed by atoms with Gasteiger partial charge in [0.1, 0.15) is 0 Å².